The van der Waals surface area contributed by atoms with Crippen LogP contribution in [0.1, 0.15) is 13.3 Å². The molecule has 1 fully saturated rings. The Morgan fingerprint density at radius 1 is 1.53 bits per heavy atom. The normalized spacial score (nSPS) is 25.0. The minimum atomic E-state index is -0.212. The van der Waals surface area contributed by atoms with E-state index in [1.807, 2.05) is 6.07 Å². The number of rotatable bonds is 3. The van der Waals surface area contributed by atoms with Crippen molar-refractivity contribution in [2.24, 2.45) is 0 Å². The molecule has 1 aromatic carbocycles. The van der Waals surface area contributed by atoms with E-state index < -0.39 is 0 Å². The molecule has 1 saturated heterocycles. The van der Waals surface area contributed by atoms with Crippen molar-refractivity contribution in [2.45, 2.75) is 25.4 Å². The molecule has 3 nitrogen and oxygen atoms in total. The van der Waals surface area contributed by atoms with E-state index in [0.717, 1.165) is 18.8 Å². The molecule has 2 N–H and O–H groups in total. The average molecular weight is 238 g/mol. The van der Waals surface area contributed by atoms with Gasteiger partial charge in [-0.15, -0.1) is 0 Å². The fraction of sp³-hybridized carbons (Fsp3) is 0.538. The molecule has 1 aromatic rings. The Labute approximate surface area is 101 Å². The van der Waals surface area contributed by atoms with Gasteiger partial charge in [0.1, 0.15) is 5.82 Å². The lowest BCUT2D eigenvalue weighted by atomic mass is 10.1. The highest BCUT2D eigenvalue weighted by atomic mass is 19.1. The molecule has 17 heavy (non-hydrogen) atoms. The van der Waals surface area contributed by atoms with Gasteiger partial charge in [-0.05, 0) is 31.5 Å². The van der Waals surface area contributed by atoms with Crippen LogP contribution in [0, 0.1) is 5.82 Å². The minimum Gasteiger partial charge on any atom is -0.396 e. The van der Waals surface area contributed by atoms with Gasteiger partial charge in [-0.25, -0.2) is 4.39 Å². The molecule has 4 heteroatoms. The van der Waals surface area contributed by atoms with Gasteiger partial charge in [0.15, 0.2) is 0 Å². The minimum absolute atomic E-state index is 0.159. The number of aliphatic hydroxyl groups is 1. The zero-order chi connectivity index (χ0) is 12.3. The monoisotopic (exact) mass is 238 g/mol. The third-order valence-electron chi connectivity index (χ3n) is 3.22. The Morgan fingerprint density at radius 2 is 2.35 bits per heavy atom. The van der Waals surface area contributed by atoms with E-state index in [0.29, 0.717) is 12.5 Å². The van der Waals surface area contributed by atoms with Crippen molar-refractivity contribution < 1.29 is 9.50 Å². The van der Waals surface area contributed by atoms with Gasteiger partial charge in [-0.2, -0.15) is 0 Å². The number of anilines is 1. The van der Waals surface area contributed by atoms with Crippen molar-refractivity contribution in [1.29, 1.82) is 0 Å². The highest BCUT2D eigenvalue weighted by molar-refractivity contribution is 5.48. The third-order valence-corrected chi connectivity index (χ3v) is 3.22. The van der Waals surface area contributed by atoms with Crippen LogP contribution in [0.25, 0.3) is 0 Å². The molecule has 2 rings (SSSR count). The van der Waals surface area contributed by atoms with Crippen LogP contribution in [0.3, 0.4) is 0 Å². The van der Waals surface area contributed by atoms with Crippen LogP contribution in [0.5, 0.6) is 0 Å². The Bertz CT molecular complexity index is 372. The highest BCUT2D eigenvalue weighted by Gasteiger charge is 2.25. The Kier molecular flexibility index (Phi) is 3.97. The summed E-state index contributed by atoms with van der Waals surface area (Å²) < 4.78 is 13.2. The number of halogens is 1. The maximum absolute atomic E-state index is 13.2. The molecular formula is C13H19FN2O. The van der Waals surface area contributed by atoms with Crippen LogP contribution in [0.4, 0.5) is 10.1 Å². The topological polar surface area (TPSA) is 35.5 Å². The number of hydrogen-bond donors (Lipinski definition) is 2. The van der Waals surface area contributed by atoms with E-state index >= 15 is 0 Å². The lowest BCUT2D eigenvalue weighted by Gasteiger charge is -2.41. The van der Waals surface area contributed by atoms with Gasteiger partial charge >= 0.3 is 0 Å². The lowest BCUT2D eigenvalue weighted by molar-refractivity contribution is 0.260. The van der Waals surface area contributed by atoms with Crippen molar-refractivity contribution >= 4 is 5.69 Å². The molecule has 1 aliphatic heterocycles. The summed E-state index contributed by atoms with van der Waals surface area (Å²) in [6, 6.07) is 7.28. The number of benzene rings is 1. The number of nitrogens with one attached hydrogen (secondary N) is 1. The predicted molar refractivity (Wildman–Crippen MR) is 66.7 cm³/mol. The molecule has 0 saturated carbocycles. The summed E-state index contributed by atoms with van der Waals surface area (Å²) in [5.74, 6) is -0.212. The quantitative estimate of drug-likeness (QED) is 0.835. The molecule has 2 atom stereocenters. The molecule has 1 aliphatic rings. The smallest absolute Gasteiger partial charge is 0.125 e. The fourth-order valence-electron chi connectivity index (χ4n) is 2.33. The Balaban J connectivity index is 2.19. The number of nitrogens with zero attached hydrogens (tertiary/aromatic N) is 1. The maximum atomic E-state index is 13.2. The Morgan fingerprint density at radius 3 is 3.06 bits per heavy atom. The van der Waals surface area contributed by atoms with Gasteiger partial charge in [0.25, 0.3) is 0 Å². The molecule has 1 heterocycles. The number of hydrogen-bond acceptors (Lipinski definition) is 3. The van der Waals surface area contributed by atoms with E-state index in [1.54, 1.807) is 12.1 Å². The van der Waals surface area contributed by atoms with Gasteiger partial charge in [0.05, 0.1) is 0 Å². The van der Waals surface area contributed by atoms with E-state index in [1.165, 1.54) is 6.07 Å². The standard InChI is InChI=1S/C13H19FN2O/c1-10-9-16(13(5-6-17)8-15-10)12-4-2-3-11(14)7-12/h2-4,7,10,13,15,17H,5-6,8-9H2,1H3. The second kappa shape index (κ2) is 5.47. The van der Waals surface area contributed by atoms with Crippen molar-refractivity contribution in [1.82, 2.24) is 5.32 Å². The van der Waals surface area contributed by atoms with Crippen molar-refractivity contribution in [3.63, 3.8) is 0 Å². The average Bonchev–Trinajstić information content (AvgIpc) is 2.32. The zero-order valence-corrected chi connectivity index (χ0v) is 10.1. The van der Waals surface area contributed by atoms with E-state index in [-0.39, 0.29) is 18.5 Å². The maximum Gasteiger partial charge on any atom is 0.125 e. The van der Waals surface area contributed by atoms with Crippen LogP contribution >= 0.6 is 0 Å². The van der Waals surface area contributed by atoms with Crippen molar-refractivity contribution in [3.8, 4) is 0 Å². The molecule has 2 unspecified atom stereocenters. The highest BCUT2D eigenvalue weighted by Crippen LogP contribution is 2.22. The van der Waals surface area contributed by atoms with Crippen molar-refractivity contribution in [2.75, 3.05) is 24.6 Å². The van der Waals surface area contributed by atoms with Crippen LogP contribution in [0.2, 0.25) is 0 Å². The molecular weight excluding hydrogens is 219 g/mol. The first-order chi connectivity index (χ1) is 8.20. The molecule has 0 bridgehead atoms. The summed E-state index contributed by atoms with van der Waals surface area (Å²) >= 11 is 0. The van der Waals surface area contributed by atoms with Crippen LogP contribution in [-0.4, -0.2) is 36.9 Å². The summed E-state index contributed by atoms with van der Waals surface area (Å²) in [6.45, 7) is 3.94. The molecule has 0 aliphatic carbocycles. The van der Waals surface area contributed by atoms with Gasteiger partial charge in [0.2, 0.25) is 0 Å². The van der Waals surface area contributed by atoms with Gasteiger partial charge < -0.3 is 15.3 Å². The second-order valence-corrected chi connectivity index (χ2v) is 4.61. The van der Waals surface area contributed by atoms with Gasteiger partial charge in [0, 0.05) is 37.5 Å². The molecule has 0 radical (unpaired) electrons. The molecule has 94 valence electrons. The van der Waals surface area contributed by atoms with Gasteiger partial charge in [-0.1, -0.05) is 6.07 Å². The van der Waals surface area contributed by atoms with Crippen LogP contribution < -0.4 is 10.2 Å². The summed E-state index contributed by atoms with van der Waals surface area (Å²) in [5.41, 5.74) is 0.900. The number of piperazine rings is 1. The number of aliphatic hydroxyl groups excluding tert-OH is 1. The SMILES string of the molecule is CC1CN(c2cccc(F)c2)C(CCO)CN1. The van der Waals surface area contributed by atoms with Crippen LogP contribution in [0.15, 0.2) is 24.3 Å². The first kappa shape index (κ1) is 12.3. The van der Waals surface area contributed by atoms with E-state index in [9.17, 15) is 4.39 Å². The molecule has 0 aromatic heterocycles. The lowest BCUT2D eigenvalue weighted by Crippen LogP contribution is -2.56. The van der Waals surface area contributed by atoms with Crippen LogP contribution in [-0.2, 0) is 0 Å². The summed E-state index contributed by atoms with van der Waals surface area (Å²) in [5, 5.41) is 12.5. The second-order valence-electron chi connectivity index (χ2n) is 4.61. The summed E-state index contributed by atoms with van der Waals surface area (Å²) in [6.07, 6.45) is 0.705. The largest absolute Gasteiger partial charge is 0.396 e. The third kappa shape index (κ3) is 2.96. The van der Waals surface area contributed by atoms with Gasteiger partial charge in [-0.3, -0.25) is 0 Å². The first-order valence-electron chi connectivity index (χ1n) is 6.07. The molecule has 0 amide bonds. The summed E-state index contributed by atoms with van der Waals surface area (Å²) in [7, 11) is 0. The first-order valence-corrected chi connectivity index (χ1v) is 6.07. The summed E-state index contributed by atoms with van der Waals surface area (Å²) in [4.78, 5) is 2.18. The van der Waals surface area contributed by atoms with Crippen molar-refractivity contribution in [3.05, 3.63) is 30.1 Å². The fourth-order valence-corrected chi connectivity index (χ4v) is 2.33. The molecule has 0 spiro atoms. The zero-order valence-electron chi connectivity index (χ0n) is 10.1. The van der Waals surface area contributed by atoms with E-state index in [4.69, 9.17) is 5.11 Å². The Hall–Kier alpha value is -1.13. The van der Waals surface area contributed by atoms with E-state index in [2.05, 4.69) is 17.1 Å². The predicted octanol–water partition coefficient (Wildman–Crippen LogP) is 1.37.